The molecule has 1 aliphatic carbocycles. The molecule has 2 amide bonds. The van der Waals surface area contributed by atoms with Gasteiger partial charge in [-0.2, -0.15) is 0 Å². The fourth-order valence-electron chi connectivity index (χ4n) is 5.64. The Hall–Kier alpha value is -2.63. The number of aryl methyl sites for hydroxylation is 1. The third-order valence-corrected chi connectivity index (χ3v) is 10.7. The van der Waals surface area contributed by atoms with Crippen LogP contribution >= 0.6 is 34.0 Å². The highest BCUT2D eigenvalue weighted by molar-refractivity contribution is 7.11. The Morgan fingerprint density at radius 1 is 0.927 bits per heavy atom. The molecule has 218 valence electrons. The van der Waals surface area contributed by atoms with E-state index in [9.17, 15) is 9.59 Å². The van der Waals surface area contributed by atoms with Gasteiger partial charge in [0.25, 0.3) is 0 Å². The van der Waals surface area contributed by atoms with Crippen LogP contribution in [0.3, 0.4) is 0 Å². The number of aromatic nitrogens is 1. The van der Waals surface area contributed by atoms with Gasteiger partial charge in [-0.15, -0.1) is 34.0 Å². The number of hydrogen-bond acceptors (Lipinski definition) is 8. The van der Waals surface area contributed by atoms with Crippen LogP contribution in [0.4, 0.5) is 0 Å². The lowest BCUT2D eigenvalue weighted by Crippen LogP contribution is -2.39. The van der Waals surface area contributed by atoms with E-state index in [1.54, 1.807) is 34.0 Å². The van der Waals surface area contributed by atoms with E-state index in [0.717, 1.165) is 35.8 Å². The summed E-state index contributed by atoms with van der Waals surface area (Å²) in [6.45, 7) is 9.32. The zero-order valence-electron chi connectivity index (χ0n) is 24.4. The second kappa shape index (κ2) is 12.7. The van der Waals surface area contributed by atoms with E-state index in [0.29, 0.717) is 13.1 Å². The predicted octanol–water partition coefficient (Wildman–Crippen LogP) is 5.27. The van der Waals surface area contributed by atoms with Crippen molar-refractivity contribution >= 4 is 45.8 Å². The van der Waals surface area contributed by atoms with Gasteiger partial charge in [0.05, 0.1) is 11.6 Å². The molecule has 6 rings (SSSR count). The van der Waals surface area contributed by atoms with Crippen molar-refractivity contribution in [3.63, 3.8) is 0 Å². The zero-order valence-corrected chi connectivity index (χ0v) is 26.8. The molecule has 0 saturated carbocycles. The summed E-state index contributed by atoms with van der Waals surface area (Å²) in [6, 6.07) is 3.89. The van der Waals surface area contributed by atoms with E-state index in [1.807, 2.05) is 37.0 Å². The lowest BCUT2D eigenvalue weighted by atomic mass is 9.96. The number of carbonyl (C=O) groups excluding carboxylic acids is 2. The van der Waals surface area contributed by atoms with Crippen LogP contribution in [0.15, 0.2) is 52.9 Å². The molecule has 0 radical (unpaired) electrons. The number of allylic oxidation sites excluding steroid dienone is 2. The quantitative estimate of drug-likeness (QED) is 0.398. The monoisotopic (exact) mass is 609 g/mol. The first-order valence-corrected chi connectivity index (χ1v) is 16.6. The average molecular weight is 610 g/mol. The molecule has 2 atom stereocenters. The molecule has 0 bridgehead atoms. The molecular weight excluding hydrogens is 571 g/mol. The Morgan fingerprint density at radius 2 is 1.49 bits per heavy atom. The predicted molar refractivity (Wildman–Crippen MR) is 169 cm³/mol. The molecule has 3 aliphatic rings. The van der Waals surface area contributed by atoms with Gasteiger partial charge in [-0.3, -0.25) is 9.59 Å². The van der Waals surface area contributed by atoms with Gasteiger partial charge < -0.3 is 20.4 Å². The van der Waals surface area contributed by atoms with Crippen molar-refractivity contribution in [3.05, 3.63) is 83.7 Å². The summed E-state index contributed by atoms with van der Waals surface area (Å²) in [5, 5.41) is 11.6. The highest BCUT2D eigenvalue weighted by Gasteiger charge is 2.32. The molecule has 0 spiro atoms. The van der Waals surface area contributed by atoms with Gasteiger partial charge in [0, 0.05) is 45.9 Å². The zero-order chi connectivity index (χ0) is 29.1. The third-order valence-electron chi connectivity index (χ3n) is 7.76. The molecular formula is C31H39N5O2S3. The van der Waals surface area contributed by atoms with Crippen LogP contribution in [-0.2, 0) is 29.0 Å². The van der Waals surface area contributed by atoms with Crippen LogP contribution in [0.1, 0.15) is 56.7 Å². The van der Waals surface area contributed by atoms with Gasteiger partial charge >= 0.3 is 0 Å². The number of carbonyl (C=O) groups is 2. The first-order chi connectivity index (χ1) is 19.7. The number of thiophene rings is 2. The number of fused-ring (bicyclic) bond motifs is 2. The summed E-state index contributed by atoms with van der Waals surface area (Å²) in [5.41, 5.74) is 3.97. The fourth-order valence-corrected chi connectivity index (χ4v) is 8.56. The van der Waals surface area contributed by atoms with Gasteiger partial charge in [-0.05, 0) is 73.5 Å². The maximum atomic E-state index is 12.8. The molecule has 0 aromatic carbocycles. The van der Waals surface area contributed by atoms with E-state index in [4.69, 9.17) is 0 Å². The van der Waals surface area contributed by atoms with Crippen LogP contribution in [0, 0.1) is 12.3 Å². The van der Waals surface area contributed by atoms with Gasteiger partial charge in [0.15, 0.2) is 0 Å². The third kappa shape index (κ3) is 6.73. The maximum absolute atomic E-state index is 12.8. The Bertz CT molecular complexity index is 1450. The molecule has 5 heterocycles. The number of rotatable bonds is 6. The molecule has 10 heteroatoms. The highest BCUT2D eigenvalue weighted by Crippen LogP contribution is 2.33. The molecule has 3 aromatic rings. The minimum Gasteiger partial charge on any atom is -0.336 e. The molecule has 2 unspecified atom stereocenters. The van der Waals surface area contributed by atoms with E-state index in [1.165, 1.54) is 26.5 Å². The second-order valence-corrected chi connectivity index (χ2v) is 14.5. The van der Waals surface area contributed by atoms with Crippen LogP contribution in [0.5, 0.6) is 0 Å². The Labute approximate surface area is 255 Å². The van der Waals surface area contributed by atoms with E-state index < -0.39 is 0 Å². The highest BCUT2D eigenvalue weighted by atomic mass is 32.1. The number of thiazole rings is 1. The van der Waals surface area contributed by atoms with Gasteiger partial charge in [0.2, 0.25) is 11.8 Å². The summed E-state index contributed by atoms with van der Waals surface area (Å²) in [7, 11) is 3.72. The Morgan fingerprint density at radius 3 is 1.95 bits per heavy atom. The first kappa shape index (κ1) is 29.8. The van der Waals surface area contributed by atoms with Crippen molar-refractivity contribution in [1.29, 1.82) is 0 Å². The van der Waals surface area contributed by atoms with Gasteiger partial charge in [0.1, 0.15) is 12.1 Å². The molecule has 7 nitrogen and oxygen atoms in total. The van der Waals surface area contributed by atoms with E-state index >= 15 is 0 Å². The number of hydrogen-bond donors (Lipinski definition) is 2. The van der Waals surface area contributed by atoms with E-state index in [-0.39, 0.29) is 29.3 Å². The van der Waals surface area contributed by atoms with Crippen molar-refractivity contribution in [3.8, 4) is 0 Å². The number of nitrogens with zero attached hydrogens (tertiary/aromatic N) is 3. The first-order valence-electron chi connectivity index (χ1n) is 14.1. The lowest BCUT2D eigenvalue weighted by molar-refractivity contribution is -0.134. The molecule has 2 aliphatic heterocycles. The number of nitrogens with one attached hydrogen (secondary N) is 2. The van der Waals surface area contributed by atoms with Gasteiger partial charge in [-0.1, -0.05) is 32.1 Å². The minimum absolute atomic E-state index is 0.116. The van der Waals surface area contributed by atoms with Crippen molar-refractivity contribution in [1.82, 2.24) is 25.4 Å². The van der Waals surface area contributed by atoms with E-state index in [2.05, 4.69) is 70.6 Å². The van der Waals surface area contributed by atoms with Crippen LogP contribution in [0.2, 0.25) is 0 Å². The van der Waals surface area contributed by atoms with Crippen molar-refractivity contribution in [2.75, 3.05) is 33.7 Å². The molecule has 41 heavy (non-hydrogen) atoms. The normalized spacial score (nSPS) is 21.5. The lowest BCUT2D eigenvalue weighted by Gasteiger charge is -2.24. The van der Waals surface area contributed by atoms with Gasteiger partial charge in [-0.25, -0.2) is 4.98 Å². The van der Waals surface area contributed by atoms with Crippen LogP contribution in [-0.4, -0.2) is 60.3 Å². The minimum atomic E-state index is -0.207. The van der Waals surface area contributed by atoms with Crippen molar-refractivity contribution < 1.29 is 9.59 Å². The summed E-state index contributed by atoms with van der Waals surface area (Å²) < 4.78 is 0. The number of amides is 2. The van der Waals surface area contributed by atoms with Crippen LogP contribution < -0.4 is 10.6 Å². The Kier molecular flexibility index (Phi) is 9.25. The smallest absolute Gasteiger partial charge is 0.245 e. The molecule has 3 aromatic heterocycles. The summed E-state index contributed by atoms with van der Waals surface area (Å²) in [4.78, 5) is 37.2. The second-order valence-electron chi connectivity index (χ2n) is 11.3. The molecule has 0 saturated heterocycles. The largest absolute Gasteiger partial charge is 0.336 e. The summed E-state index contributed by atoms with van der Waals surface area (Å²) in [6.07, 6.45) is 10.4. The topological polar surface area (TPSA) is 77.6 Å². The van der Waals surface area contributed by atoms with Crippen LogP contribution in [0.25, 0.3) is 0 Å². The SMILES string of the molecule is CNC1C(=O)N(CC2=CC(C)(C)C=C2)CCc2ccsc21.CNC1C(=O)N(Cc2cnc(C)s2)CCc2ccsc21. The molecule has 0 fully saturated rings. The standard InChI is InChI=1S/C17H22N2OS.C14H17N3OS2/c1-17(2)7-4-12(10-17)11-19-8-5-13-6-9-21-15(13)14(18-3)16(19)20;1-9-16-7-11(20-9)8-17-5-3-10-4-6-19-13(10)12(15-2)14(17)18/h4,6-7,9-10,14,18H,5,8,11H2,1-3H3;4,6-7,12,15H,3,5,8H2,1-2H3. The summed E-state index contributed by atoms with van der Waals surface area (Å²) in [5.74, 6) is 0.359. The fraction of sp³-hybridized carbons (Fsp3) is 0.452. The van der Waals surface area contributed by atoms with Crippen molar-refractivity contribution in [2.45, 2.75) is 52.2 Å². The van der Waals surface area contributed by atoms with Crippen molar-refractivity contribution in [2.24, 2.45) is 5.41 Å². The Balaban J connectivity index is 0.000000165. The summed E-state index contributed by atoms with van der Waals surface area (Å²) >= 11 is 5.01. The maximum Gasteiger partial charge on any atom is 0.245 e. The number of likely N-dealkylation sites (N-methyl/N-ethyl adjacent to an activating group) is 2. The molecule has 2 N–H and O–H groups in total. The average Bonchev–Trinajstić information content (AvgIpc) is 3.72.